The molecule has 1 saturated heterocycles. The third kappa shape index (κ3) is 4.48. The molecule has 7 nitrogen and oxygen atoms in total. The molecule has 1 atom stereocenters. The highest BCUT2D eigenvalue weighted by atomic mass is 16.3. The number of aryl methyl sites for hydroxylation is 3. The smallest absolute Gasteiger partial charge is 0.295 e. The van der Waals surface area contributed by atoms with Crippen molar-refractivity contribution in [3.05, 3.63) is 76.2 Å². The van der Waals surface area contributed by atoms with Gasteiger partial charge in [-0.05, 0) is 64.0 Å². The van der Waals surface area contributed by atoms with Crippen molar-refractivity contribution in [3.63, 3.8) is 0 Å². The number of pyridine rings is 1. The van der Waals surface area contributed by atoms with Gasteiger partial charge in [0.1, 0.15) is 11.3 Å². The Morgan fingerprint density at radius 3 is 2.37 bits per heavy atom. The number of fused-ring (bicyclic) bond motifs is 1. The third-order valence-corrected chi connectivity index (χ3v) is 7.01. The number of aromatic nitrogens is 2. The number of imidazole rings is 1. The van der Waals surface area contributed by atoms with Crippen molar-refractivity contribution >= 4 is 23.1 Å². The maximum atomic E-state index is 13.3. The Bertz CT molecular complexity index is 1290. The van der Waals surface area contributed by atoms with E-state index in [0.717, 1.165) is 48.4 Å². The standard InChI is InChI=1S/C28H34N4O3/c1-6-30(7-2)15-9-17-32-24(21-13-11-18(3)12-14-21)22(26(34)28(32)35)25(33)23-20(5)31-16-8-10-19(4)27(31)29-23/h8,10-14,16,24,33H,6-7,9,15,17H2,1-5H3. The molecule has 7 heteroatoms. The van der Waals surface area contributed by atoms with Gasteiger partial charge in [0.15, 0.2) is 5.76 Å². The Morgan fingerprint density at radius 1 is 1.06 bits per heavy atom. The van der Waals surface area contributed by atoms with Crippen LogP contribution in [0.15, 0.2) is 48.2 Å². The van der Waals surface area contributed by atoms with Crippen LogP contribution >= 0.6 is 0 Å². The van der Waals surface area contributed by atoms with Crippen LogP contribution in [0.2, 0.25) is 0 Å². The molecule has 1 amide bonds. The topological polar surface area (TPSA) is 78.2 Å². The second-order valence-electron chi connectivity index (χ2n) is 9.21. The number of likely N-dealkylation sites (tertiary alicyclic amines) is 1. The highest BCUT2D eigenvalue weighted by Gasteiger charge is 2.46. The van der Waals surface area contributed by atoms with E-state index in [4.69, 9.17) is 0 Å². The number of carbonyl (C=O) groups is 2. The average molecular weight is 475 g/mol. The highest BCUT2D eigenvalue weighted by Crippen LogP contribution is 2.40. The van der Waals surface area contributed by atoms with Crippen LogP contribution in [0.5, 0.6) is 0 Å². The lowest BCUT2D eigenvalue weighted by Gasteiger charge is -2.26. The molecule has 0 radical (unpaired) electrons. The van der Waals surface area contributed by atoms with E-state index < -0.39 is 17.7 Å². The molecule has 4 rings (SSSR count). The number of amides is 1. The molecule has 1 fully saturated rings. The molecular weight excluding hydrogens is 440 g/mol. The first-order valence-corrected chi connectivity index (χ1v) is 12.3. The van der Waals surface area contributed by atoms with E-state index in [1.54, 1.807) is 4.90 Å². The number of aliphatic hydroxyl groups is 1. The van der Waals surface area contributed by atoms with E-state index in [9.17, 15) is 14.7 Å². The maximum Gasteiger partial charge on any atom is 0.295 e. The lowest BCUT2D eigenvalue weighted by atomic mass is 9.95. The summed E-state index contributed by atoms with van der Waals surface area (Å²) in [6.07, 6.45) is 2.62. The van der Waals surface area contributed by atoms with Crippen molar-refractivity contribution in [1.29, 1.82) is 0 Å². The minimum Gasteiger partial charge on any atom is -0.505 e. The first-order valence-electron chi connectivity index (χ1n) is 12.3. The zero-order chi connectivity index (χ0) is 25.3. The van der Waals surface area contributed by atoms with E-state index in [-0.39, 0.29) is 11.3 Å². The molecule has 0 aliphatic carbocycles. The van der Waals surface area contributed by atoms with Crippen LogP contribution in [0.1, 0.15) is 54.4 Å². The van der Waals surface area contributed by atoms with Crippen molar-refractivity contribution in [2.45, 2.75) is 47.1 Å². The second kappa shape index (κ2) is 10.0. The number of aliphatic hydroxyl groups excluding tert-OH is 1. The molecule has 35 heavy (non-hydrogen) atoms. The summed E-state index contributed by atoms with van der Waals surface area (Å²) < 4.78 is 1.89. The fraction of sp³-hybridized carbons (Fsp3) is 0.393. The van der Waals surface area contributed by atoms with Crippen LogP contribution < -0.4 is 0 Å². The lowest BCUT2D eigenvalue weighted by molar-refractivity contribution is -0.140. The van der Waals surface area contributed by atoms with Crippen LogP contribution in [0, 0.1) is 20.8 Å². The molecule has 3 heterocycles. The van der Waals surface area contributed by atoms with Gasteiger partial charge in [0.05, 0.1) is 17.3 Å². The van der Waals surface area contributed by atoms with Crippen molar-refractivity contribution in [2.75, 3.05) is 26.2 Å². The number of hydrogen-bond donors (Lipinski definition) is 1. The number of Topliss-reactive ketones (excluding diaryl/α,β-unsaturated/α-hetero) is 1. The van der Waals surface area contributed by atoms with Crippen molar-refractivity contribution in [1.82, 2.24) is 19.2 Å². The molecule has 3 aromatic rings. The predicted molar refractivity (Wildman–Crippen MR) is 137 cm³/mol. The molecule has 0 bridgehead atoms. The van der Waals surface area contributed by atoms with E-state index in [1.807, 2.05) is 67.8 Å². The summed E-state index contributed by atoms with van der Waals surface area (Å²) in [7, 11) is 0. The number of ketones is 1. The molecule has 184 valence electrons. The van der Waals surface area contributed by atoms with Gasteiger partial charge >= 0.3 is 0 Å². The molecule has 0 saturated carbocycles. The Morgan fingerprint density at radius 2 is 1.74 bits per heavy atom. The van der Waals surface area contributed by atoms with Gasteiger partial charge in [-0.15, -0.1) is 0 Å². The first-order chi connectivity index (χ1) is 16.8. The summed E-state index contributed by atoms with van der Waals surface area (Å²) in [5.74, 6) is -1.46. The molecule has 2 aromatic heterocycles. The van der Waals surface area contributed by atoms with Crippen molar-refractivity contribution < 1.29 is 14.7 Å². The van der Waals surface area contributed by atoms with Gasteiger partial charge in [-0.25, -0.2) is 4.98 Å². The van der Waals surface area contributed by atoms with E-state index in [1.165, 1.54) is 0 Å². The largest absolute Gasteiger partial charge is 0.505 e. The average Bonchev–Trinajstić information content (AvgIpc) is 3.32. The fourth-order valence-corrected chi connectivity index (χ4v) is 4.88. The first kappa shape index (κ1) is 24.7. The van der Waals surface area contributed by atoms with Crippen LogP contribution in [-0.2, 0) is 9.59 Å². The van der Waals surface area contributed by atoms with Gasteiger partial charge < -0.3 is 19.3 Å². The second-order valence-corrected chi connectivity index (χ2v) is 9.21. The van der Waals surface area contributed by atoms with Crippen LogP contribution in [0.3, 0.4) is 0 Å². The normalized spacial score (nSPS) is 17.8. The monoisotopic (exact) mass is 474 g/mol. The van der Waals surface area contributed by atoms with Crippen molar-refractivity contribution in [3.8, 4) is 0 Å². The van der Waals surface area contributed by atoms with Gasteiger partial charge in [0, 0.05) is 12.7 Å². The Hall–Kier alpha value is -3.45. The number of benzene rings is 1. The number of nitrogens with zero attached hydrogens (tertiary/aromatic N) is 4. The van der Waals surface area contributed by atoms with Crippen molar-refractivity contribution in [2.24, 2.45) is 0 Å². The zero-order valence-electron chi connectivity index (χ0n) is 21.2. The molecular formula is C28H34N4O3. The molecule has 1 aliphatic rings. The Balaban J connectivity index is 1.81. The minimum absolute atomic E-state index is 0.103. The van der Waals surface area contributed by atoms with Gasteiger partial charge in [-0.2, -0.15) is 0 Å². The number of carbonyl (C=O) groups excluding carboxylic acids is 2. The third-order valence-electron chi connectivity index (χ3n) is 7.01. The molecule has 1 N–H and O–H groups in total. The summed E-state index contributed by atoms with van der Waals surface area (Å²) in [4.78, 5) is 35.1. The van der Waals surface area contributed by atoms with E-state index in [0.29, 0.717) is 17.9 Å². The predicted octanol–water partition coefficient (Wildman–Crippen LogP) is 4.41. The van der Waals surface area contributed by atoms with Gasteiger partial charge in [-0.1, -0.05) is 49.7 Å². The Kier molecular flexibility index (Phi) is 7.08. The summed E-state index contributed by atoms with van der Waals surface area (Å²) in [6, 6.07) is 11.0. The molecule has 0 spiro atoms. The molecule has 1 aliphatic heterocycles. The molecule has 1 unspecified atom stereocenters. The maximum absolute atomic E-state index is 13.3. The summed E-state index contributed by atoms with van der Waals surface area (Å²) in [6.45, 7) is 13.2. The van der Waals surface area contributed by atoms with Gasteiger partial charge in [0.25, 0.3) is 11.7 Å². The van der Waals surface area contributed by atoms with Crippen LogP contribution in [0.25, 0.3) is 11.4 Å². The summed E-state index contributed by atoms with van der Waals surface area (Å²) >= 11 is 0. The minimum atomic E-state index is -0.663. The summed E-state index contributed by atoms with van der Waals surface area (Å²) in [5.41, 5.74) is 4.71. The zero-order valence-corrected chi connectivity index (χ0v) is 21.2. The highest BCUT2D eigenvalue weighted by molar-refractivity contribution is 6.46. The van der Waals surface area contributed by atoms with Gasteiger partial charge in [-0.3, -0.25) is 9.59 Å². The van der Waals surface area contributed by atoms with E-state index in [2.05, 4.69) is 23.7 Å². The SMILES string of the molecule is CCN(CC)CCCN1C(=O)C(=O)C(=C(O)c2nc3c(C)cccn3c2C)C1c1ccc(C)cc1. The summed E-state index contributed by atoms with van der Waals surface area (Å²) in [5, 5.41) is 11.5. The van der Waals surface area contributed by atoms with Crippen LogP contribution in [-0.4, -0.2) is 62.2 Å². The molecule has 1 aromatic carbocycles. The fourth-order valence-electron chi connectivity index (χ4n) is 4.88. The number of rotatable bonds is 8. The van der Waals surface area contributed by atoms with Crippen LogP contribution in [0.4, 0.5) is 0 Å². The number of hydrogen-bond acceptors (Lipinski definition) is 5. The lowest BCUT2D eigenvalue weighted by Crippen LogP contribution is -2.33. The van der Waals surface area contributed by atoms with Gasteiger partial charge in [0.2, 0.25) is 0 Å². The quantitative estimate of drug-likeness (QED) is 0.297. The van der Waals surface area contributed by atoms with E-state index >= 15 is 0 Å². The Labute approximate surface area is 206 Å².